The monoisotopic (exact) mass is 396 g/mol. The maximum atomic E-state index is 14.6. The van der Waals surface area contributed by atoms with E-state index in [0.29, 0.717) is 12.8 Å². The average Bonchev–Trinajstić information content (AvgIpc) is 2.65. The first-order valence-corrected chi connectivity index (χ1v) is 8.66. The van der Waals surface area contributed by atoms with Gasteiger partial charge in [-0.3, -0.25) is 14.9 Å². The van der Waals surface area contributed by atoms with Crippen LogP contribution in [0, 0.1) is 15.9 Å². The number of carbonyl (C=O) groups is 1. The molecule has 0 radical (unpaired) electrons. The average molecular weight is 397 g/mol. The fraction of sp³-hybridized carbons (Fsp3) is 0.333. The number of nitrogens with zero attached hydrogens (tertiary/aromatic N) is 2. The summed E-state index contributed by atoms with van der Waals surface area (Å²) in [7, 11) is 1.30. The van der Waals surface area contributed by atoms with Crippen molar-refractivity contribution in [3.05, 3.63) is 63.6 Å². The van der Waals surface area contributed by atoms with Crippen LogP contribution < -0.4 is 4.74 Å². The van der Waals surface area contributed by atoms with Gasteiger partial charge < -0.3 is 9.84 Å². The van der Waals surface area contributed by atoms with Crippen molar-refractivity contribution in [3.63, 3.8) is 0 Å². The van der Waals surface area contributed by atoms with Crippen molar-refractivity contribution in [3.8, 4) is 5.88 Å². The maximum Gasteiger partial charge on any atom is 0.320 e. The number of alkyl halides is 1. The van der Waals surface area contributed by atoms with Gasteiger partial charge in [0, 0.05) is 23.6 Å². The lowest BCUT2D eigenvalue weighted by atomic mass is 9.72. The summed E-state index contributed by atoms with van der Waals surface area (Å²) in [5.74, 6) is -1.95. The Morgan fingerprint density at radius 3 is 2.59 bits per heavy atom. The third-order valence-electron chi connectivity index (χ3n) is 4.29. The van der Waals surface area contributed by atoms with Gasteiger partial charge in [-0.1, -0.05) is 24.6 Å². The highest BCUT2D eigenvalue weighted by atomic mass is 35.5. The van der Waals surface area contributed by atoms with Gasteiger partial charge in [0.15, 0.2) is 0 Å². The second-order valence-electron chi connectivity index (χ2n) is 5.81. The molecule has 27 heavy (non-hydrogen) atoms. The molecular weight excluding hydrogens is 379 g/mol. The zero-order valence-electron chi connectivity index (χ0n) is 14.5. The van der Waals surface area contributed by atoms with Gasteiger partial charge >= 0.3 is 5.97 Å². The number of aliphatic carboxylic acids is 1. The van der Waals surface area contributed by atoms with E-state index in [1.54, 1.807) is 0 Å². The van der Waals surface area contributed by atoms with E-state index in [4.69, 9.17) is 16.3 Å². The molecule has 1 aromatic heterocycles. The van der Waals surface area contributed by atoms with Crippen LogP contribution in [0.3, 0.4) is 0 Å². The van der Waals surface area contributed by atoms with E-state index < -0.39 is 27.8 Å². The Bertz CT molecular complexity index is 848. The quantitative estimate of drug-likeness (QED) is 0.298. The number of methoxy groups -OCH3 is 1. The van der Waals surface area contributed by atoms with Crippen LogP contribution in [0.15, 0.2) is 36.4 Å². The molecule has 1 N–H and O–H groups in total. The highest BCUT2D eigenvalue weighted by molar-refractivity contribution is 6.17. The smallest absolute Gasteiger partial charge is 0.320 e. The van der Waals surface area contributed by atoms with Crippen LogP contribution in [0.4, 0.5) is 10.1 Å². The van der Waals surface area contributed by atoms with Gasteiger partial charge in [0.2, 0.25) is 5.88 Å². The molecule has 0 spiro atoms. The molecule has 1 heterocycles. The highest BCUT2D eigenvalue weighted by Gasteiger charge is 2.49. The summed E-state index contributed by atoms with van der Waals surface area (Å²) in [4.78, 5) is 27.3. The maximum absolute atomic E-state index is 14.6. The molecule has 0 bridgehead atoms. The second kappa shape index (κ2) is 8.77. The molecule has 2 aromatic rings. The molecule has 0 amide bonds. The SMILES string of the molecule is COc1ccc([N+](=O)[O-])c(C(CCCCCl)(C(=O)O)c2ccccc2F)n1. The van der Waals surface area contributed by atoms with Gasteiger partial charge in [-0.15, -0.1) is 11.6 Å². The summed E-state index contributed by atoms with van der Waals surface area (Å²) >= 11 is 5.70. The topological polar surface area (TPSA) is 103 Å². The third-order valence-corrected chi connectivity index (χ3v) is 4.56. The summed E-state index contributed by atoms with van der Waals surface area (Å²) < 4.78 is 19.7. The Morgan fingerprint density at radius 1 is 1.33 bits per heavy atom. The second-order valence-corrected chi connectivity index (χ2v) is 6.19. The number of aromatic nitrogens is 1. The van der Waals surface area contributed by atoms with Crippen LogP contribution in [0.5, 0.6) is 5.88 Å². The van der Waals surface area contributed by atoms with E-state index in [-0.39, 0.29) is 29.4 Å². The predicted octanol–water partition coefficient (Wildman–Crippen LogP) is 3.92. The van der Waals surface area contributed by atoms with Gasteiger partial charge in [-0.2, -0.15) is 0 Å². The molecule has 1 atom stereocenters. The molecule has 9 heteroatoms. The lowest BCUT2D eigenvalue weighted by Gasteiger charge is -2.29. The molecule has 0 fully saturated rings. The van der Waals surface area contributed by atoms with Crippen molar-refractivity contribution in [2.45, 2.75) is 24.7 Å². The number of pyridine rings is 1. The van der Waals surface area contributed by atoms with Crippen molar-refractivity contribution < 1.29 is 24.0 Å². The molecule has 0 saturated heterocycles. The van der Waals surface area contributed by atoms with Crippen LogP contribution in [0.25, 0.3) is 0 Å². The van der Waals surface area contributed by atoms with Crippen LogP contribution in [0.2, 0.25) is 0 Å². The summed E-state index contributed by atoms with van der Waals surface area (Å²) in [6.45, 7) is 0. The normalized spacial score (nSPS) is 13.0. The minimum atomic E-state index is -2.06. The fourth-order valence-corrected chi connectivity index (χ4v) is 3.19. The zero-order chi connectivity index (χ0) is 20.0. The number of benzene rings is 1. The first-order chi connectivity index (χ1) is 12.9. The van der Waals surface area contributed by atoms with E-state index in [2.05, 4.69) is 4.98 Å². The fourth-order valence-electron chi connectivity index (χ4n) is 3.00. The summed E-state index contributed by atoms with van der Waals surface area (Å²) in [5, 5.41) is 21.7. The van der Waals surface area contributed by atoms with Gasteiger partial charge in [-0.05, 0) is 18.9 Å². The number of carboxylic acids is 1. The van der Waals surface area contributed by atoms with Gasteiger partial charge in [0.25, 0.3) is 5.69 Å². The molecule has 2 rings (SSSR count). The minimum absolute atomic E-state index is 0.00472. The molecule has 0 saturated carbocycles. The van der Waals surface area contributed by atoms with Crippen LogP contribution in [-0.4, -0.2) is 34.0 Å². The van der Waals surface area contributed by atoms with Crippen LogP contribution in [0.1, 0.15) is 30.5 Å². The number of rotatable bonds is 9. The Balaban J connectivity index is 2.85. The Hall–Kier alpha value is -2.74. The first-order valence-electron chi connectivity index (χ1n) is 8.12. The molecule has 0 aliphatic carbocycles. The Labute approximate surface area is 159 Å². The standard InChI is InChI=1S/C18H18ClFN2O5/c1-27-15-9-8-14(22(25)26)16(21-15)18(17(23)24,10-4-5-11-19)12-6-2-3-7-13(12)20/h2-3,6-9H,4-5,10-11H2,1H3,(H,23,24). The van der Waals surface area contributed by atoms with Crippen LogP contribution in [-0.2, 0) is 10.2 Å². The lowest BCUT2D eigenvalue weighted by Crippen LogP contribution is -2.39. The Morgan fingerprint density at radius 2 is 2.04 bits per heavy atom. The largest absolute Gasteiger partial charge is 0.481 e. The molecule has 1 unspecified atom stereocenters. The van der Waals surface area contributed by atoms with Crippen molar-refractivity contribution in [2.75, 3.05) is 13.0 Å². The lowest BCUT2D eigenvalue weighted by molar-refractivity contribution is -0.386. The molecule has 7 nitrogen and oxygen atoms in total. The van der Waals surface area contributed by atoms with Crippen molar-refractivity contribution in [1.82, 2.24) is 4.98 Å². The van der Waals surface area contributed by atoms with E-state index in [1.165, 1.54) is 31.4 Å². The Kier molecular flexibility index (Phi) is 6.68. The minimum Gasteiger partial charge on any atom is -0.481 e. The summed E-state index contributed by atoms with van der Waals surface area (Å²) in [6.07, 6.45) is 0.653. The number of hydrogen-bond acceptors (Lipinski definition) is 5. The number of carboxylic acid groups (broad SMARTS) is 1. The third kappa shape index (κ3) is 4.00. The number of ether oxygens (including phenoxy) is 1. The van der Waals surface area contributed by atoms with Gasteiger partial charge in [0.05, 0.1) is 12.0 Å². The van der Waals surface area contributed by atoms with Gasteiger partial charge in [0.1, 0.15) is 16.9 Å². The number of unbranched alkanes of at least 4 members (excludes halogenated alkanes) is 1. The molecule has 1 aromatic carbocycles. The number of nitro groups is 1. The first kappa shape index (κ1) is 20.6. The van der Waals surface area contributed by atoms with E-state index in [1.807, 2.05) is 0 Å². The van der Waals surface area contributed by atoms with E-state index >= 15 is 0 Å². The van der Waals surface area contributed by atoms with Crippen molar-refractivity contribution in [2.24, 2.45) is 0 Å². The predicted molar refractivity (Wildman–Crippen MR) is 96.8 cm³/mol. The van der Waals surface area contributed by atoms with E-state index in [9.17, 15) is 24.4 Å². The summed E-state index contributed by atoms with van der Waals surface area (Å²) in [6, 6.07) is 7.67. The van der Waals surface area contributed by atoms with Gasteiger partial charge in [-0.25, -0.2) is 9.37 Å². The molecular formula is C18H18ClFN2O5. The number of hydrogen-bond donors (Lipinski definition) is 1. The number of halogens is 2. The summed E-state index contributed by atoms with van der Waals surface area (Å²) in [5.41, 5.74) is -3.16. The van der Waals surface area contributed by atoms with Crippen molar-refractivity contribution >= 4 is 23.3 Å². The van der Waals surface area contributed by atoms with E-state index in [0.717, 1.165) is 12.1 Å². The van der Waals surface area contributed by atoms with Crippen LogP contribution >= 0.6 is 11.6 Å². The molecule has 144 valence electrons. The highest BCUT2D eigenvalue weighted by Crippen LogP contribution is 2.42. The molecule has 0 aliphatic rings. The van der Waals surface area contributed by atoms with Crippen molar-refractivity contribution in [1.29, 1.82) is 0 Å². The zero-order valence-corrected chi connectivity index (χ0v) is 15.3. The molecule has 0 aliphatic heterocycles.